The van der Waals surface area contributed by atoms with Crippen molar-refractivity contribution in [2.45, 2.75) is 6.04 Å². The molecule has 4 rings (SSSR count). The number of nitrogens with one attached hydrogen (secondary N) is 2. The molecule has 35 heavy (non-hydrogen) atoms. The molecular formula is C27H24N4O4. The average molecular weight is 469 g/mol. The first-order valence-corrected chi connectivity index (χ1v) is 10.9. The highest BCUT2D eigenvalue weighted by atomic mass is 16.5. The maximum atomic E-state index is 12.8. The van der Waals surface area contributed by atoms with Gasteiger partial charge in [-0.15, -0.1) is 0 Å². The van der Waals surface area contributed by atoms with Crippen molar-refractivity contribution in [1.29, 1.82) is 0 Å². The molecule has 2 heterocycles. The first-order chi connectivity index (χ1) is 17.1. The Morgan fingerprint density at radius 3 is 2.31 bits per heavy atom. The molecule has 0 radical (unpaired) electrons. The van der Waals surface area contributed by atoms with Crippen molar-refractivity contribution in [2.24, 2.45) is 0 Å². The van der Waals surface area contributed by atoms with Crippen LogP contribution in [0.5, 0.6) is 5.88 Å². The van der Waals surface area contributed by atoms with E-state index in [0.717, 1.165) is 11.1 Å². The minimum Gasteiger partial charge on any atom is -0.481 e. The molecule has 8 nitrogen and oxygen atoms in total. The number of pyridine rings is 2. The lowest BCUT2D eigenvalue weighted by Gasteiger charge is -2.18. The van der Waals surface area contributed by atoms with E-state index in [2.05, 4.69) is 20.6 Å². The van der Waals surface area contributed by atoms with Gasteiger partial charge in [0.05, 0.1) is 31.6 Å². The van der Waals surface area contributed by atoms with E-state index in [4.69, 9.17) is 4.74 Å². The van der Waals surface area contributed by atoms with Crippen LogP contribution in [0.2, 0.25) is 0 Å². The van der Waals surface area contributed by atoms with Crippen LogP contribution in [0.4, 0.5) is 5.69 Å². The molecule has 3 N–H and O–H groups in total. The summed E-state index contributed by atoms with van der Waals surface area (Å²) in [5.41, 5.74) is 3.93. The first kappa shape index (κ1) is 23.6. The van der Waals surface area contributed by atoms with E-state index >= 15 is 0 Å². The number of carbonyl (C=O) groups is 2. The summed E-state index contributed by atoms with van der Waals surface area (Å²) in [6, 6.07) is 20.4. The number of ether oxygens (including phenoxy) is 1. The minimum atomic E-state index is -0.683. The molecule has 2 aromatic carbocycles. The van der Waals surface area contributed by atoms with Gasteiger partial charge in [-0.3, -0.25) is 14.6 Å². The zero-order valence-electron chi connectivity index (χ0n) is 19.0. The van der Waals surface area contributed by atoms with Crippen molar-refractivity contribution in [2.75, 3.05) is 19.0 Å². The number of benzene rings is 2. The molecule has 0 saturated heterocycles. The predicted octanol–water partition coefficient (Wildman–Crippen LogP) is 3.87. The number of aliphatic hydroxyl groups is 1. The number of carbonyl (C=O) groups excluding carboxylic acids is 2. The van der Waals surface area contributed by atoms with Crippen LogP contribution in [0.3, 0.4) is 0 Å². The number of hydrogen-bond donors (Lipinski definition) is 3. The lowest BCUT2D eigenvalue weighted by atomic mass is 10.0. The molecule has 0 saturated carbocycles. The third kappa shape index (κ3) is 5.87. The summed E-state index contributed by atoms with van der Waals surface area (Å²) >= 11 is 0. The Balaban J connectivity index is 1.44. The number of aromatic nitrogens is 2. The number of aliphatic hydroxyl groups excluding tert-OH is 1. The Hall–Kier alpha value is -4.56. The van der Waals surface area contributed by atoms with Crippen LogP contribution in [0.25, 0.3) is 11.1 Å². The van der Waals surface area contributed by atoms with Gasteiger partial charge in [-0.1, -0.05) is 24.3 Å². The van der Waals surface area contributed by atoms with Crippen LogP contribution in [0.1, 0.15) is 32.3 Å². The largest absolute Gasteiger partial charge is 0.481 e. The van der Waals surface area contributed by atoms with E-state index < -0.39 is 6.04 Å². The molecule has 4 aromatic rings. The lowest BCUT2D eigenvalue weighted by Crippen LogP contribution is -2.31. The van der Waals surface area contributed by atoms with Gasteiger partial charge < -0.3 is 20.5 Å². The molecule has 8 heteroatoms. The van der Waals surface area contributed by atoms with Gasteiger partial charge in [-0.25, -0.2) is 4.98 Å². The van der Waals surface area contributed by atoms with Crippen LogP contribution in [0, 0.1) is 0 Å². The van der Waals surface area contributed by atoms with E-state index in [0.29, 0.717) is 28.3 Å². The smallest absolute Gasteiger partial charge is 0.255 e. The highest BCUT2D eigenvalue weighted by molar-refractivity contribution is 6.04. The first-order valence-electron chi connectivity index (χ1n) is 10.9. The second-order valence-electron chi connectivity index (χ2n) is 7.69. The van der Waals surface area contributed by atoms with Crippen molar-refractivity contribution < 1.29 is 19.4 Å². The summed E-state index contributed by atoms with van der Waals surface area (Å²) in [5.74, 6) is -0.225. The van der Waals surface area contributed by atoms with Gasteiger partial charge in [0.25, 0.3) is 11.8 Å². The van der Waals surface area contributed by atoms with Crippen molar-refractivity contribution in [3.8, 4) is 17.0 Å². The Kier molecular flexibility index (Phi) is 7.44. The molecule has 0 bridgehead atoms. The van der Waals surface area contributed by atoms with Crippen molar-refractivity contribution in [1.82, 2.24) is 15.3 Å². The van der Waals surface area contributed by atoms with Gasteiger partial charge in [0.2, 0.25) is 5.88 Å². The normalized spacial score (nSPS) is 11.4. The zero-order valence-corrected chi connectivity index (χ0v) is 19.0. The number of nitrogens with zero attached hydrogens (tertiary/aromatic N) is 2. The molecule has 0 unspecified atom stereocenters. The maximum Gasteiger partial charge on any atom is 0.255 e. The van der Waals surface area contributed by atoms with E-state index in [1.807, 2.05) is 24.3 Å². The Labute approximate surface area is 202 Å². The van der Waals surface area contributed by atoms with Crippen molar-refractivity contribution in [3.05, 3.63) is 108 Å². The highest BCUT2D eigenvalue weighted by Gasteiger charge is 2.17. The quantitative estimate of drug-likeness (QED) is 0.362. The van der Waals surface area contributed by atoms with Gasteiger partial charge in [0.1, 0.15) is 0 Å². The monoisotopic (exact) mass is 468 g/mol. The number of anilines is 1. The summed E-state index contributed by atoms with van der Waals surface area (Å²) in [6.45, 7) is -0.325. The molecular weight excluding hydrogens is 444 g/mol. The van der Waals surface area contributed by atoms with Gasteiger partial charge in [-0.2, -0.15) is 0 Å². The molecule has 2 aromatic heterocycles. The molecule has 0 aliphatic carbocycles. The fraction of sp³-hybridized carbons (Fsp3) is 0.111. The second-order valence-corrected chi connectivity index (χ2v) is 7.69. The van der Waals surface area contributed by atoms with Crippen molar-refractivity contribution >= 4 is 17.5 Å². The molecule has 0 spiro atoms. The van der Waals surface area contributed by atoms with E-state index in [-0.39, 0.29) is 18.4 Å². The fourth-order valence-corrected chi connectivity index (χ4v) is 3.51. The number of rotatable bonds is 8. The van der Waals surface area contributed by atoms with Crippen LogP contribution >= 0.6 is 0 Å². The van der Waals surface area contributed by atoms with Gasteiger partial charge in [-0.05, 0) is 59.2 Å². The molecule has 0 aliphatic heterocycles. The second kappa shape index (κ2) is 11.0. The molecule has 1 atom stereocenters. The third-order valence-electron chi connectivity index (χ3n) is 5.40. The fourth-order valence-electron chi connectivity index (χ4n) is 3.51. The van der Waals surface area contributed by atoms with Crippen LogP contribution in [-0.2, 0) is 0 Å². The summed E-state index contributed by atoms with van der Waals surface area (Å²) in [5, 5.41) is 15.5. The number of amides is 2. The van der Waals surface area contributed by atoms with Gasteiger partial charge in [0, 0.05) is 29.6 Å². The molecule has 176 valence electrons. The summed E-state index contributed by atoms with van der Waals surface area (Å²) < 4.78 is 5.02. The summed E-state index contributed by atoms with van der Waals surface area (Å²) in [6.07, 6.45) is 4.92. The van der Waals surface area contributed by atoms with E-state index in [1.54, 1.807) is 60.9 Å². The van der Waals surface area contributed by atoms with Gasteiger partial charge >= 0.3 is 0 Å². The lowest BCUT2D eigenvalue weighted by molar-refractivity contribution is 0.0916. The third-order valence-corrected chi connectivity index (χ3v) is 5.40. The Morgan fingerprint density at radius 1 is 0.914 bits per heavy atom. The predicted molar refractivity (Wildman–Crippen MR) is 132 cm³/mol. The molecule has 0 fully saturated rings. The summed E-state index contributed by atoms with van der Waals surface area (Å²) in [7, 11) is 1.51. The molecule has 2 amide bonds. The van der Waals surface area contributed by atoms with Crippen LogP contribution in [0.15, 0.2) is 91.4 Å². The Morgan fingerprint density at radius 2 is 1.66 bits per heavy atom. The van der Waals surface area contributed by atoms with E-state index in [9.17, 15) is 14.7 Å². The van der Waals surface area contributed by atoms with Crippen molar-refractivity contribution in [3.63, 3.8) is 0 Å². The average Bonchev–Trinajstić information content (AvgIpc) is 2.92. The van der Waals surface area contributed by atoms with Crippen LogP contribution in [-0.4, -0.2) is 40.6 Å². The minimum absolute atomic E-state index is 0.325. The van der Waals surface area contributed by atoms with E-state index in [1.165, 1.54) is 13.3 Å². The van der Waals surface area contributed by atoms with Gasteiger partial charge in [0.15, 0.2) is 0 Å². The highest BCUT2D eigenvalue weighted by Crippen LogP contribution is 2.20. The topological polar surface area (TPSA) is 113 Å². The Bertz CT molecular complexity index is 1290. The molecule has 0 aliphatic rings. The zero-order chi connectivity index (χ0) is 24.6. The number of methoxy groups -OCH3 is 1. The summed E-state index contributed by atoms with van der Waals surface area (Å²) in [4.78, 5) is 33.6. The number of hydrogen-bond acceptors (Lipinski definition) is 6. The standard InChI is InChI=1S/C27H24N4O4/c1-35-25-10-9-23(16-29-25)30-27(34)22-4-2-3-21(15-22)24(17-32)31-26(33)20-7-5-18(6-8-20)19-11-13-28-14-12-19/h2-16,24,32H,17H2,1H3,(H,30,34)(H,31,33)/t24-/m1/s1. The van der Waals surface area contributed by atoms with Crippen LogP contribution < -0.4 is 15.4 Å². The maximum absolute atomic E-state index is 12.8. The SMILES string of the molecule is COc1ccc(NC(=O)c2cccc([C@@H](CO)NC(=O)c3ccc(-c4ccncc4)cc3)c2)cn1.